The van der Waals surface area contributed by atoms with Gasteiger partial charge >= 0.3 is 0 Å². The second kappa shape index (κ2) is 7.60. The average molecular weight is 294 g/mol. The molecule has 0 aliphatic heterocycles. The van der Waals surface area contributed by atoms with Gasteiger partial charge in [-0.25, -0.2) is 4.68 Å². The molecule has 0 spiro atoms. The van der Waals surface area contributed by atoms with E-state index in [4.69, 9.17) is 0 Å². The number of hydrogen-bond donors (Lipinski definition) is 0. The maximum atomic E-state index is 9.43. The molecule has 0 unspecified atom stereocenters. The van der Waals surface area contributed by atoms with E-state index >= 15 is 0 Å². The van der Waals surface area contributed by atoms with Crippen LogP contribution in [0.2, 0.25) is 0 Å². The minimum atomic E-state index is -0.0283. The summed E-state index contributed by atoms with van der Waals surface area (Å²) in [4.78, 5) is 2.10. The normalized spacial score (nSPS) is 18.1. The maximum absolute atomic E-state index is 9.43. The highest BCUT2D eigenvalue weighted by Crippen LogP contribution is 2.34. The summed E-state index contributed by atoms with van der Waals surface area (Å²) >= 11 is 1.53. The van der Waals surface area contributed by atoms with Crippen LogP contribution < -0.4 is 0 Å². The molecule has 0 saturated heterocycles. The molecule has 2 rings (SSSR count). The second-order valence-electron chi connectivity index (χ2n) is 5.55. The van der Waals surface area contributed by atoms with Crippen molar-refractivity contribution in [3.63, 3.8) is 0 Å². The molecule has 0 aromatic carbocycles. The van der Waals surface area contributed by atoms with Gasteiger partial charge in [0.1, 0.15) is 5.25 Å². The van der Waals surface area contributed by atoms with Crippen molar-refractivity contribution in [2.75, 3.05) is 20.6 Å². The van der Waals surface area contributed by atoms with E-state index < -0.39 is 0 Å². The van der Waals surface area contributed by atoms with Crippen molar-refractivity contribution < 1.29 is 0 Å². The van der Waals surface area contributed by atoms with Gasteiger partial charge in [-0.2, -0.15) is 5.26 Å². The Bertz CT molecular complexity index is 446. The zero-order valence-electron chi connectivity index (χ0n) is 12.2. The van der Waals surface area contributed by atoms with Crippen molar-refractivity contribution in [2.45, 2.75) is 49.1 Å². The molecule has 1 aliphatic rings. The molecule has 7 heteroatoms. The topological polar surface area (TPSA) is 70.6 Å². The fourth-order valence-corrected chi connectivity index (χ4v) is 3.57. The molecule has 6 nitrogen and oxygen atoms in total. The molecule has 0 amide bonds. The maximum Gasteiger partial charge on any atom is 0.210 e. The Balaban J connectivity index is 1.97. The zero-order valence-corrected chi connectivity index (χ0v) is 13.0. The number of tetrazole rings is 1. The van der Waals surface area contributed by atoms with Crippen LogP contribution in [0, 0.1) is 17.2 Å². The number of thioether (sulfide) groups is 1. The van der Waals surface area contributed by atoms with Gasteiger partial charge in [0.05, 0.1) is 12.6 Å². The first kappa shape index (κ1) is 15.3. The lowest BCUT2D eigenvalue weighted by molar-refractivity contribution is 0.359. The van der Waals surface area contributed by atoms with Gasteiger partial charge in [0.2, 0.25) is 5.16 Å². The van der Waals surface area contributed by atoms with E-state index in [0.717, 1.165) is 31.1 Å². The summed E-state index contributed by atoms with van der Waals surface area (Å²) in [6.45, 7) is 1.64. The third kappa shape index (κ3) is 4.18. The van der Waals surface area contributed by atoms with Crippen molar-refractivity contribution in [2.24, 2.45) is 5.92 Å². The van der Waals surface area contributed by atoms with E-state index in [-0.39, 0.29) is 5.25 Å². The lowest BCUT2D eigenvalue weighted by Gasteiger charge is -2.24. The van der Waals surface area contributed by atoms with Gasteiger partial charge in [0.15, 0.2) is 0 Å². The van der Waals surface area contributed by atoms with Gasteiger partial charge in [0, 0.05) is 6.54 Å². The van der Waals surface area contributed by atoms with E-state index in [1.165, 1.54) is 31.0 Å². The molecule has 0 bridgehead atoms. The molecule has 1 heterocycles. The first-order chi connectivity index (χ1) is 9.70. The smallest absolute Gasteiger partial charge is 0.210 e. The minimum absolute atomic E-state index is 0.0283. The molecular formula is C13H22N6S. The van der Waals surface area contributed by atoms with E-state index in [1.54, 1.807) is 4.68 Å². The number of likely N-dealkylation sites (N-methyl/N-ethyl adjacent to an activating group) is 1. The number of nitrogens with zero attached hydrogens (tertiary/aromatic N) is 6. The van der Waals surface area contributed by atoms with Crippen molar-refractivity contribution in [3.8, 4) is 6.07 Å². The van der Waals surface area contributed by atoms with Crippen LogP contribution in [0.25, 0.3) is 0 Å². The molecule has 1 aromatic heterocycles. The third-order valence-electron chi connectivity index (χ3n) is 3.70. The summed E-state index contributed by atoms with van der Waals surface area (Å²) in [5.41, 5.74) is 0. The number of aromatic nitrogens is 4. The van der Waals surface area contributed by atoms with Crippen molar-refractivity contribution in [1.29, 1.82) is 5.26 Å². The van der Waals surface area contributed by atoms with Gasteiger partial charge in [-0.1, -0.05) is 31.0 Å². The summed E-state index contributed by atoms with van der Waals surface area (Å²) in [5, 5.41) is 22.0. The fraction of sp³-hybridized carbons (Fsp3) is 0.846. The van der Waals surface area contributed by atoms with E-state index in [0.29, 0.717) is 5.92 Å². The standard InChI is InChI=1S/C13H22N6S/c1-18(2)8-9-19-13(15-16-17-19)20-12(10-14)11-6-4-3-5-7-11/h11-12H,3-9H2,1-2H3/t12-/m0/s1. The fourth-order valence-electron chi connectivity index (χ4n) is 2.49. The second-order valence-corrected chi connectivity index (χ2v) is 6.66. The van der Waals surface area contributed by atoms with Gasteiger partial charge in [-0.05, 0) is 43.3 Å². The SMILES string of the molecule is CN(C)CCn1nnnc1S[C@@H](C#N)C1CCCCC1. The molecule has 1 saturated carbocycles. The van der Waals surface area contributed by atoms with Gasteiger partial charge < -0.3 is 4.90 Å². The predicted molar refractivity (Wildman–Crippen MR) is 78.2 cm³/mol. The Morgan fingerprint density at radius 2 is 2.15 bits per heavy atom. The van der Waals surface area contributed by atoms with E-state index in [2.05, 4.69) is 26.5 Å². The molecular weight excluding hydrogens is 272 g/mol. The Morgan fingerprint density at radius 3 is 2.80 bits per heavy atom. The molecule has 1 aliphatic carbocycles. The predicted octanol–water partition coefficient (Wildman–Crippen LogP) is 1.80. The summed E-state index contributed by atoms with van der Waals surface area (Å²) in [6.07, 6.45) is 6.11. The highest BCUT2D eigenvalue weighted by Gasteiger charge is 2.26. The summed E-state index contributed by atoms with van der Waals surface area (Å²) in [7, 11) is 4.05. The molecule has 0 N–H and O–H groups in total. The first-order valence-electron chi connectivity index (χ1n) is 7.18. The van der Waals surface area contributed by atoms with Gasteiger partial charge in [-0.15, -0.1) is 5.10 Å². The quantitative estimate of drug-likeness (QED) is 0.745. The Morgan fingerprint density at radius 1 is 1.40 bits per heavy atom. The Kier molecular flexibility index (Phi) is 5.80. The average Bonchev–Trinajstić information content (AvgIpc) is 2.90. The van der Waals surface area contributed by atoms with Crippen molar-refractivity contribution in [3.05, 3.63) is 0 Å². The van der Waals surface area contributed by atoms with Crippen LogP contribution in [0.5, 0.6) is 0 Å². The van der Waals surface area contributed by atoms with Gasteiger partial charge in [-0.3, -0.25) is 0 Å². The van der Waals surface area contributed by atoms with Crippen LogP contribution in [0.3, 0.4) is 0 Å². The lowest BCUT2D eigenvalue weighted by atomic mass is 9.87. The highest BCUT2D eigenvalue weighted by molar-refractivity contribution is 8.00. The van der Waals surface area contributed by atoms with Crippen LogP contribution in [-0.2, 0) is 6.54 Å². The van der Waals surface area contributed by atoms with Crippen molar-refractivity contribution in [1.82, 2.24) is 25.1 Å². The molecule has 0 radical (unpaired) electrons. The van der Waals surface area contributed by atoms with Crippen LogP contribution in [0.4, 0.5) is 0 Å². The van der Waals surface area contributed by atoms with Crippen molar-refractivity contribution >= 4 is 11.8 Å². The highest BCUT2D eigenvalue weighted by atomic mass is 32.2. The third-order valence-corrected chi connectivity index (χ3v) is 4.94. The van der Waals surface area contributed by atoms with E-state index in [9.17, 15) is 5.26 Å². The monoisotopic (exact) mass is 294 g/mol. The Hall–Kier alpha value is -1.13. The van der Waals surface area contributed by atoms with Crippen LogP contribution in [0.1, 0.15) is 32.1 Å². The first-order valence-corrected chi connectivity index (χ1v) is 8.06. The Labute approximate surface area is 124 Å². The van der Waals surface area contributed by atoms with Gasteiger partial charge in [0.25, 0.3) is 0 Å². The molecule has 110 valence electrons. The number of rotatable bonds is 6. The molecule has 1 atom stereocenters. The number of nitriles is 1. The van der Waals surface area contributed by atoms with Crippen LogP contribution in [-0.4, -0.2) is 51.0 Å². The van der Waals surface area contributed by atoms with Crippen LogP contribution >= 0.6 is 11.8 Å². The molecule has 1 fully saturated rings. The summed E-state index contributed by atoms with van der Waals surface area (Å²) in [5.74, 6) is 0.484. The molecule has 1 aromatic rings. The largest absolute Gasteiger partial charge is 0.308 e. The van der Waals surface area contributed by atoms with E-state index in [1.807, 2.05) is 14.1 Å². The van der Waals surface area contributed by atoms with Crippen LogP contribution in [0.15, 0.2) is 5.16 Å². The summed E-state index contributed by atoms with van der Waals surface area (Å²) < 4.78 is 1.80. The summed E-state index contributed by atoms with van der Waals surface area (Å²) in [6, 6.07) is 2.45. The minimum Gasteiger partial charge on any atom is -0.308 e. The number of hydrogen-bond acceptors (Lipinski definition) is 6. The molecule has 20 heavy (non-hydrogen) atoms. The lowest BCUT2D eigenvalue weighted by Crippen LogP contribution is -2.21. The zero-order chi connectivity index (χ0) is 14.4.